The van der Waals surface area contributed by atoms with Crippen molar-refractivity contribution in [2.45, 2.75) is 51.0 Å². The molecule has 98 valence electrons. The average Bonchev–Trinajstić information content (AvgIpc) is 3.22. The topological polar surface area (TPSA) is 12.0 Å². The first-order chi connectivity index (χ1) is 8.83. The molecule has 2 aliphatic rings. The molecule has 0 aliphatic heterocycles. The van der Waals surface area contributed by atoms with Gasteiger partial charge in [0.25, 0.3) is 0 Å². The molecule has 1 aromatic rings. The second kappa shape index (κ2) is 5.44. The van der Waals surface area contributed by atoms with Crippen molar-refractivity contribution in [2.24, 2.45) is 11.8 Å². The summed E-state index contributed by atoms with van der Waals surface area (Å²) in [6.45, 7) is 3.65. The van der Waals surface area contributed by atoms with Crippen LogP contribution < -0.4 is 5.32 Å². The minimum atomic E-state index is 0.779. The van der Waals surface area contributed by atoms with Gasteiger partial charge < -0.3 is 5.32 Å². The summed E-state index contributed by atoms with van der Waals surface area (Å²) in [5.41, 5.74) is 1.56. The number of benzene rings is 1. The van der Waals surface area contributed by atoms with Gasteiger partial charge in [-0.25, -0.2) is 0 Å². The quantitative estimate of drug-likeness (QED) is 0.844. The SMILES string of the molecule is CC1CCC(CNC2CC2)C(c2ccccc2)C1. The molecule has 3 atom stereocenters. The van der Waals surface area contributed by atoms with Crippen LogP contribution in [0.15, 0.2) is 30.3 Å². The summed E-state index contributed by atoms with van der Waals surface area (Å²) in [6.07, 6.45) is 7.00. The Morgan fingerprint density at radius 2 is 1.83 bits per heavy atom. The molecule has 1 heteroatoms. The molecular weight excluding hydrogens is 218 g/mol. The molecule has 18 heavy (non-hydrogen) atoms. The first-order valence-corrected chi connectivity index (χ1v) is 7.61. The van der Waals surface area contributed by atoms with Gasteiger partial charge in [-0.1, -0.05) is 43.7 Å². The van der Waals surface area contributed by atoms with Gasteiger partial charge in [0.1, 0.15) is 0 Å². The number of rotatable bonds is 4. The molecule has 0 bridgehead atoms. The van der Waals surface area contributed by atoms with Gasteiger partial charge in [-0.2, -0.15) is 0 Å². The van der Waals surface area contributed by atoms with Gasteiger partial charge in [0, 0.05) is 6.04 Å². The predicted molar refractivity (Wildman–Crippen MR) is 76.7 cm³/mol. The first kappa shape index (κ1) is 12.2. The minimum absolute atomic E-state index is 0.779. The van der Waals surface area contributed by atoms with Crippen LogP contribution in [0.3, 0.4) is 0 Å². The van der Waals surface area contributed by atoms with Crippen LogP contribution in [0.1, 0.15) is 50.5 Å². The van der Waals surface area contributed by atoms with Gasteiger partial charge in [-0.05, 0) is 55.5 Å². The van der Waals surface area contributed by atoms with Gasteiger partial charge in [-0.15, -0.1) is 0 Å². The number of nitrogens with one attached hydrogen (secondary N) is 1. The average molecular weight is 243 g/mol. The molecule has 1 aromatic carbocycles. The van der Waals surface area contributed by atoms with Crippen molar-refractivity contribution in [1.82, 2.24) is 5.32 Å². The molecule has 2 saturated carbocycles. The van der Waals surface area contributed by atoms with Crippen LogP contribution in [0.4, 0.5) is 0 Å². The molecule has 1 nitrogen and oxygen atoms in total. The number of hydrogen-bond donors (Lipinski definition) is 1. The highest BCUT2D eigenvalue weighted by atomic mass is 14.9. The Kier molecular flexibility index (Phi) is 3.69. The number of hydrogen-bond acceptors (Lipinski definition) is 1. The molecule has 0 radical (unpaired) electrons. The lowest BCUT2D eigenvalue weighted by Gasteiger charge is -2.35. The highest BCUT2D eigenvalue weighted by Crippen LogP contribution is 2.40. The zero-order chi connectivity index (χ0) is 12.4. The third kappa shape index (κ3) is 2.95. The maximum absolute atomic E-state index is 3.74. The van der Waals surface area contributed by atoms with Crippen molar-refractivity contribution in [3.05, 3.63) is 35.9 Å². The van der Waals surface area contributed by atoms with E-state index in [1.54, 1.807) is 5.56 Å². The summed E-state index contributed by atoms with van der Waals surface area (Å²) < 4.78 is 0. The largest absolute Gasteiger partial charge is 0.314 e. The molecule has 0 amide bonds. The van der Waals surface area contributed by atoms with E-state index in [-0.39, 0.29) is 0 Å². The van der Waals surface area contributed by atoms with Crippen molar-refractivity contribution in [3.8, 4) is 0 Å². The fraction of sp³-hybridized carbons (Fsp3) is 0.647. The zero-order valence-electron chi connectivity index (χ0n) is 11.4. The van der Waals surface area contributed by atoms with Gasteiger partial charge in [0.2, 0.25) is 0 Å². The molecule has 0 spiro atoms. The smallest absolute Gasteiger partial charge is 0.00683 e. The van der Waals surface area contributed by atoms with Gasteiger partial charge in [0.15, 0.2) is 0 Å². The van der Waals surface area contributed by atoms with E-state index in [1.807, 2.05) is 0 Å². The lowest BCUT2D eigenvalue weighted by atomic mass is 9.71. The predicted octanol–water partition coefficient (Wildman–Crippen LogP) is 3.96. The molecule has 1 N–H and O–H groups in total. The van der Waals surface area contributed by atoms with Gasteiger partial charge in [-0.3, -0.25) is 0 Å². The Morgan fingerprint density at radius 3 is 2.56 bits per heavy atom. The van der Waals surface area contributed by atoms with E-state index in [1.165, 1.54) is 38.6 Å². The summed E-state index contributed by atoms with van der Waals surface area (Å²) in [5.74, 6) is 2.53. The molecule has 3 unspecified atom stereocenters. The summed E-state index contributed by atoms with van der Waals surface area (Å²) in [5, 5.41) is 3.74. The van der Waals surface area contributed by atoms with E-state index < -0.39 is 0 Å². The second-order valence-corrected chi connectivity index (χ2v) is 6.38. The van der Waals surface area contributed by atoms with Crippen molar-refractivity contribution >= 4 is 0 Å². The molecule has 2 fully saturated rings. The van der Waals surface area contributed by atoms with E-state index in [2.05, 4.69) is 42.6 Å². The fourth-order valence-corrected chi connectivity index (χ4v) is 3.40. The minimum Gasteiger partial charge on any atom is -0.314 e. The standard InChI is InChI=1S/C17H25N/c1-13-7-8-15(12-18-16-9-10-16)17(11-13)14-5-3-2-4-6-14/h2-6,13,15-18H,7-12H2,1H3. The third-order valence-corrected chi connectivity index (χ3v) is 4.73. The third-order valence-electron chi connectivity index (χ3n) is 4.73. The van der Waals surface area contributed by atoms with Crippen LogP contribution in [-0.4, -0.2) is 12.6 Å². The van der Waals surface area contributed by atoms with Crippen LogP contribution in [-0.2, 0) is 0 Å². The fourth-order valence-electron chi connectivity index (χ4n) is 3.40. The van der Waals surface area contributed by atoms with Crippen molar-refractivity contribution in [2.75, 3.05) is 6.54 Å². The summed E-state index contributed by atoms with van der Waals surface area (Å²) in [4.78, 5) is 0. The molecule has 0 heterocycles. The van der Waals surface area contributed by atoms with E-state index in [4.69, 9.17) is 0 Å². The first-order valence-electron chi connectivity index (χ1n) is 7.61. The molecule has 3 rings (SSSR count). The van der Waals surface area contributed by atoms with E-state index in [0.717, 1.165) is 23.8 Å². The summed E-state index contributed by atoms with van der Waals surface area (Å²) in [6, 6.07) is 12.0. The normalized spacial score (nSPS) is 32.4. The molecule has 0 aromatic heterocycles. The highest BCUT2D eigenvalue weighted by Gasteiger charge is 2.31. The summed E-state index contributed by atoms with van der Waals surface area (Å²) in [7, 11) is 0. The Bertz CT molecular complexity index is 368. The van der Waals surface area contributed by atoms with Crippen molar-refractivity contribution in [1.29, 1.82) is 0 Å². The van der Waals surface area contributed by atoms with Crippen molar-refractivity contribution in [3.63, 3.8) is 0 Å². The highest BCUT2D eigenvalue weighted by molar-refractivity contribution is 5.21. The monoisotopic (exact) mass is 243 g/mol. The second-order valence-electron chi connectivity index (χ2n) is 6.38. The van der Waals surface area contributed by atoms with Gasteiger partial charge in [0.05, 0.1) is 0 Å². The zero-order valence-corrected chi connectivity index (χ0v) is 11.4. The Hall–Kier alpha value is -0.820. The van der Waals surface area contributed by atoms with E-state index in [0.29, 0.717) is 0 Å². The molecular formula is C17H25N. The van der Waals surface area contributed by atoms with Crippen molar-refractivity contribution < 1.29 is 0 Å². The molecule has 0 saturated heterocycles. The maximum atomic E-state index is 3.74. The van der Waals surface area contributed by atoms with Crippen LogP contribution >= 0.6 is 0 Å². The van der Waals surface area contributed by atoms with Gasteiger partial charge >= 0.3 is 0 Å². The molecule has 2 aliphatic carbocycles. The van der Waals surface area contributed by atoms with Crippen LogP contribution in [0.25, 0.3) is 0 Å². The van der Waals surface area contributed by atoms with E-state index >= 15 is 0 Å². The van der Waals surface area contributed by atoms with Crippen LogP contribution in [0, 0.1) is 11.8 Å². The maximum Gasteiger partial charge on any atom is 0.00683 e. The summed E-state index contributed by atoms with van der Waals surface area (Å²) >= 11 is 0. The van der Waals surface area contributed by atoms with E-state index in [9.17, 15) is 0 Å². The Morgan fingerprint density at radius 1 is 1.06 bits per heavy atom. The lowest BCUT2D eigenvalue weighted by molar-refractivity contribution is 0.241. The Labute approximate surface area is 111 Å². The Balaban J connectivity index is 1.68. The lowest BCUT2D eigenvalue weighted by Crippen LogP contribution is -2.32. The van der Waals surface area contributed by atoms with Crippen LogP contribution in [0.2, 0.25) is 0 Å². The van der Waals surface area contributed by atoms with Crippen LogP contribution in [0.5, 0.6) is 0 Å².